The van der Waals surface area contributed by atoms with Gasteiger partial charge in [0, 0.05) is 12.1 Å². The third-order valence-corrected chi connectivity index (χ3v) is 4.65. The van der Waals surface area contributed by atoms with E-state index in [0.29, 0.717) is 0 Å². The number of aryl methyl sites for hydroxylation is 1. The Labute approximate surface area is 98.5 Å². The molecule has 2 fully saturated rings. The van der Waals surface area contributed by atoms with E-state index < -0.39 is 0 Å². The lowest BCUT2D eigenvalue weighted by molar-refractivity contribution is 0.161. The molecule has 1 heteroatoms. The smallest absolute Gasteiger partial charge is 0.0102 e. The second-order valence-corrected chi connectivity index (χ2v) is 5.63. The quantitative estimate of drug-likeness (QED) is 0.694. The van der Waals surface area contributed by atoms with Crippen LogP contribution in [-0.2, 0) is 0 Å². The summed E-state index contributed by atoms with van der Waals surface area (Å²) < 4.78 is 0. The van der Waals surface area contributed by atoms with Gasteiger partial charge in [-0.2, -0.15) is 0 Å². The van der Waals surface area contributed by atoms with Crippen molar-refractivity contribution in [2.45, 2.75) is 50.6 Å². The zero-order chi connectivity index (χ0) is 11.1. The van der Waals surface area contributed by atoms with Gasteiger partial charge in [-0.05, 0) is 51.1 Å². The lowest BCUT2D eigenvalue weighted by Gasteiger charge is -2.36. The van der Waals surface area contributed by atoms with Crippen molar-refractivity contribution in [2.75, 3.05) is 7.05 Å². The van der Waals surface area contributed by atoms with Crippen molar-refractivity contribution in [3.63, 3.8) is 0 Å². The molecule has 0 radical (unpaired) electrons. The van der Waals surface area contributed by atoms with E-state index in [0.717, 1.165) is 18.0 Å². The Morgan fingerprint density at radius 2 is 1.56 bits per heavy atom. The molecule has 0 amide bonds. The minimum absolute atomic E-state index is 0.814. The van der Waals surface area contributed by atoms with Crippen LogP contribution in [0.4, 0.5) is 0 Å². The third kappa shape index (κ3) is 1.67. The van der Waals surface area contributed by atoms with Gasteiger partial charge >= 0.3 is 0 Å². The summed E-state index contributed by atoms with van der Waals surface area (Å²) in [4.78, 5) is 2.62. The summed E-state index contributed by atoms with van der Waals surface area (Å²) in [6.45, 7) is 2.17. The maximum absolute atomic E-state index is 2.62. The van der Waals surface area contributed by atoms with Gasteiger partial charge < -0.3 is 4.90 Å². The van der Waals surface area contributed by atoms with Crippen LogP contribution < -0.4 is 0 Å². The number of benzene rings is 1. The van der Waals surface area contributed by atoms with Crippen molar-refractivity contribution in [2.24, 2.45) is 0 Å². The Balaban J connectivity index is 1.80. The molecule has 2 aliphatic heterocycles. The summed E-state index contributed by atoms with van der Waals surface area (Å²) in [7, 11) is 2.31. The van der Waals surface area contributed by atoms with Gasteiger partial charge in [-0.15, -0.1) is 0 Å². The lowest BCUT2D eigenvalue weighted by Crippen LogP contribution is -2.39. The van der Waals surface area contributed by atoms with Crippen LogP contribution in [0.3, 0.4) is 0 Å². The van der Waals surface area contributed by atoms with Crippen LogP contribution in [-0.4, -0.2) is 24.0 Å². The Morgan fingerprint density at radius 1 is 1.00 bits per heavy atom. The molecule has 2 aliphatic rings. The molecule has 2 saturated heterocycles. The second kappa shape index (κ2) is 3.89. The summed E-state index contributed by atoms with van der Waals surface area (Å²) in [5.74, 6) is 0.814. The molecular formula is C15H21N. The zero-order valence-corrected chi connectivity index (χ0v) is 10.3. The zero-order valence-electron chi connectivity index (χ0n) is 10.3. The van der Waals surface area contributed by atoms with E-state index >= 15 is 0 Å². The van der Waals surface area contributed by atoms with Gasteiger partial charge in [0.1, 0.15) is 0 Å². The summed E-state index contributed by atoms with van der Waals surface area (Å²) in [5.41, 5.74) is 2.94. The molecule has 2 unspecified atom stereocenters. The standard InChI is InChI=1S/C15H21N/c1-11-3-5-12(6-4-11)13-9-14-7-8-15(10-13)16(14)2/h3-6,13-15H,7-10H2,1-2H3. The molecule has 3 rings (SSSR count). The van der Waals surface area contributed by atoms with Crippen molar-refractivity contribution in [1.82, 2.24) is 4.90 Å². The first-order valence-corrected chi connectivity index (χ1v) is 6.52. The average molecular weight is 215 g/mol. The van der Waals surface area contributed by atoms with Crippen LogP contribution in [0.5, 0.6) is 0 Å². The molecule has 86 valence electrons. The van der Waals surface area contributed by atoms with Crippen LogP contribution in [0, 0.1) is 6.92 Å². The normalized spacial score (nSPS) is 34.2. The highest BCUT2D eigenvalue weighted by atomic mass is 15.2. The molecule has 0 spiro atoms. The number of piperidine rings is 1. The molecule has 0 N–H and O–H groups in total. The second-order valence-electron chi connectivity index (χ2n) is 5.63. The molecule has 1 nitrogen and oxygen atoms in total. The van der Waals surface area contributed by atoms with Crippen molar-refractivity contribution in [3.05, 3.63) is 35.4 Å². The van der Waals surface area contributed by atoms with E-state index in [2.05, 4.69) is 43.1 Å². The van der Waals surface area contributed by atoms with E-state index in [4.69, 9.17) is 0 Å². The molecule has 0 aromatic heterocycles. The molecule has 1 aromatic carbocycles. The van der Waals surface area contributed by atoms with Gasteiger partial charge in [-0.25, -0.2) is 0 Å². The highest BCUT2D eigenvalue weighted by Crippen LogP contribution is 2.41. The van der Waals surface area contributed by atoms with Crippen molar-refractivity contribution in [1.29, 1.82) is 0 Å². The Hall–Kier alpha value is -0.820. The molecule has 0 saturated carbocycles. The number of fused-ring (bicyclic) bond motifs is 2. The SMILES string of the molecule is Cc1ccc(C2CC3CCC(C2)N3C)cc1. The molecule has 2 bridgehead atoms. The highest BCUT2D eigenvalue weighted by molar-refractivity contribution is 5.26. The van der Waals surface area contributed by atoms with Gasteiger partial charge in [-0.3, -0.25) is 0 Å². The Bertz CT molecular complexity index is 354. The number of rotatable bonds is 1. The Kier molecular flexibility index (Phi) is 2.51. The van der Waals surface area contributed by atoms with Gasteiger partial charge in [0.25, 0.3) is 0 Å². The van der Waals surface area contributed by atoms with Crippen LogP contribution in [0.15, 0.2) is 24.3 Å². The highest BCUT2D eigenvalue weighted by Gasteiger charge is 2.38. The van der Waals surface area contributed by atoms with Crippen LogP contribution in [0.1, 0.15) is 42.7 Å². The molecule has 2 heterocycles. The largest absolute Gasteiger partial charge is 0.300 e. The van der Waals surface area contributed by atoms with Crippen molar-refractivity contribution >= 4 is 0 Å². The predicted octanol–water partition coefficient (Wildman–Crippen LogP) is 3.34. The van der Waals surface area contributed by atoms with E-state index in [1.807, 2.05) is 0 Å². The van der Waals surface area contributed by atoms with Crippen LogP contribution in [0.2, 0.25) is 0 Å². The minimum atomic E-state index is 0.814. The maximum atomic E-state index is 2.62. The number of hydrogen-bond acceptors (Lipinski definition) is 1. The number of nitrogens with zero attached hydrogens (tertiary/aromatic N) is 1. The molecule has 0 aliphatic carbocycles. The summed E-state index contributed by atoms with van der Waals surface area (Å²) in [6, 6.07) is 10.9. The molecular weight excluding hydrogens is 194 g/mol. The molecule has 16 heavy (non-hydrogen) atoms. The van der Waals surface area contributed by atoms with Crippen LogP contribution in [0.25, 0.3) is 0 Å². The van der Waals surface area contributed by atoms with Gasteiger partial charge in [0.15, 0.2) is 0 Å². The van der Waals surface area contributed by atoms with Gasteiger partial charge in [0.05, 0.1) is 0 Å². The van der Waals surface area contributed by atoms with Gasteiger partial charge in [-0.1, -0.05) is 29.8 Å². The predicted molar refractivity (Wildman–Crippen MR) is 67.7 cm³/mol. The third-order valence-electron chi connectivity index (χ3n) is 4.65. The topological polar surface area (TPSA) is 3.24 Å². The molecule has 2 atom stereocenters. The number of hydrogen-bond donors (Lipinski definition) is 0. The van der Waals surface area contributed by atoms with Crippen LogP contribution >= 0.6 is 0 Å². The van der Waals surface area contributed by atoms with E-state index in [9.17, 15) is 0 Å². The van der Waals surface area contributed by atoms with E-state index in [1.54, 1.807) is 5.56 Å². The first kappa shape index (κ1) is 10.3. The average Bonchev–Trinajstić information content (AvgIpc) is 2.54. The van der Waals surface area contributed by atoms with Crippen molar-refractivity contribution in [3.8, 4) is 0 Å². The fourth-order valence-electron chi connectivity index (χ4n) is 3.52. The summed E-state index contributed by atoms with van der Waals surface area (Å²) in [6.07, 6.45) is 5.58. The Morgan fingerprint density at radius 3 is 2.12 bits per heavy atom. The summed E-state index contributed by atoms with van der Waals surface area (Å²) >= 11 is 0. The first-order valence-electron chi connectivity index (χ1n) is 6.52. The maximum Gasteiger partial charge on any atom is 0.0102 e. The van der Waals surface area contributed by atoms with E-state index in [-0.39, 0.29) is 0 Å². The summed E-state index contributed by atoms with van der Waals surface area (Å²) in [5, 5.41) is 0. The lowest BCUT2D eigenvalue weighted by atomic mass is 9.85. The van der Waals surface area contributed by atoms with E-state index in [1.165, 1.54) is 31.2 Å². The fourth-order valence-corrected chi connectivity index (χ4v) is 3.52. The van der Waals surface area contributed by atoms with Gasteiger partial charge in [0.2, 0.25) is 0 Å². The van der Waals surface area contributed by atoms with Crippen molar-refractivity contribution < 1.29 is 0 Å². The monoisotopic (exact) mass is 215 g/mol. The first-order chi connectivity index (χ1) is 7.74. The fraction of sp³-hybridized carbons (Fsp3) is 0.600. The minimum Gasteiger partial charge on any atom is -0.300 e. The molecule has 1 aromatic rings.